The summed E-state index contributed by atoms with van der Waals surface area (Å²) in [4.78, 5) is 25.7. The van der Waals surface area contributed by atoms with E-state index in [2.05, 4.69) is 5.32 Å². The van der Waals surface area contributed by atoms with Crippen LogP contribution in [0.5, 0.6) is 11.5 Å². The zero-order valence-electron chi connectivity index (χ0n) is 17.4. The molecule has 1 N–H and O–H groups in total. The molecule has 0 fully saturated rings. The summed E-state index contributed by atoms with van der Waals surface area (Å²) in [7, 11) is 0. The maximum absolute atomic E-state index is 13.0. The zero-order valence-corrected chi connectivity index (χ0v) is 18.2. The number of hydrogen-bond acceptors (Lipinski definition) is 5. The summed E-state index contributed by atoms with van der Waals surface area (Å²) in [5.74, 6) is 0.422. The summed E-state index contributed by atoms with van der Waals surface area (Å²) in [6, 6.07) is 25.8. The SMILES string of the molecule is CCOC(=O)c1c(-c2ccccc2)csc1NC(=O)c1cccc(Oc2ccccc2)c1. The van der Waals surface area contributed by atoms with Gasteiger partial charge in [0.15, 0.2) is 0 Å². The minimum Gasteiger partial charge on any atom is -0.462 e. The molecule has 0 aliphatic carbocycles. The first-order valence-electron chi connectivity index (χ1n) is 10.1. The van der Waals surface area contributed by atoms with Crippen molar-refractivity contribution in [1.82, 2.24) is 0 Å². The molecule has 0 aliphatic heterocycles. The Morgan fingerprint density at radius 2 is 1.56 bits per heavy atom. The molecular weight excluding hydrogens is 422 g/mol. The van der Waals surface area contributed by atoms with Crippen LogP contribution in [0.15, 0.2) is 90.3 Å². The van der Waals surface area contributed by atoms with Crippen molar-refractivity contribution < 1.29 is 19.1 Å². The maximum atomic E-state index is 13.0. The number of ether oxygens (including phenoxy) is 2. The molecule has 0 aliphatic rings. The number of carbonyl (C=O) groups excluding carboxylic acids is 2. The number of anilines is 1. The van der Waals surface area contributed by atoms with Gasteiger partial charge >= 0.3 is 5.97 Å². The predicted molar refractivity (Wildman–Crippen MR) is 127 cm³/mol. The summed E-state index contributed by atoms with van der Waals surface area (Å²) in [5.41, 5.74) is 2.38. The Bertz CT molecular complexity index is 1220. The van der Waals surface area contributed by atoms with Gasteiger partial charge in [0.2, 0.25) is 0 Å². The average molecular weight is 444 g/mol. The van der Waals surface area contributed by atoms with Gasteiger partial charge in [0.1, 0.15) is 22.1 Å². The van der Waals surface area contributed by atoms with Gasteiger partial charge in [-0.05, 0) is 42.8 Å². The molecule has 0 atom stereocenters. The third-order valence-electron chi connectivity index (χ3n) is 4.66. The lowest BCUT2D eigenvalue weighted by Crippen LogP contribution is -2.14. The smallest absolute Gasteiger partial charge is 0.341 e. The summed E-state index contributed by atoms with van der Waals surface area (Å²) < 4.78 is 11.1. The molecule has 0 bridgehead atoms. The molecular formula is C26H21NO4S. The molecule has 0 spiro atoms. The highest BCUT2D eigenvalue weighted by Crippen LogP contribution is 2.36. The maximum Gasteiger partial charge on any atom is 0.341 e. The standard InChI is InChI=1S/C26H21NO4S/c1-2-30-26(29)23-22(18-10-5-3-6-11-18)17-32-25(23)27-24(28)19-12-9-15-21(16-19)31-20-13-7-4-8-14-20/h3-17H,2H2,1H3,(H,27,28). The molecule has 6 heteroatoms. The number of carbonyl (C=O) groups is 2. The molecule has 0 unspecified atom stereocenters. The van der Waals surface area contributed by atoms with Gasteiger partial charge in [0, 0.05) is 16.5 Å². The Kier molecular flexibility index (Phi) is 6.63. The number of hydrogen-bond donors (Lipinski definition) is 1. The molecule has 160 valence electrons. The second kappa shape index (κ2) is 9.94. The molecule has 0 radical (unpaired) electrons. The number of para-hydroxylation sites is 1. The monoisotopic (exact) mass is 443 g/mol. The van der Waals surface area contributed by atoms with Gasteiger partial charge < -0.3 is 14.8 Å². The quantitative estimate of drug-likeness (QED) is 0.325. The molecule has 0 saturated heterocycles. The predicted octanol–water partition coefficient (Wildman–Crippen LogP) is 6.64. The fourth-order valence-corrected chi connectivity index (χ4v) is 4.14. The highest BCUT2D eigenvalue weighted by Gasteiger charge is 2.23. The lowest BCUT2D eigenvalue weighted by molar-refractivity contribution is 0.0529. The summed E-state index contributed by atoms with van der Waals surface area (Å²) >= 11 is 1.29. The molecule has 1 heterocycles. The van der Waals surface area contributed by atoms with Crippen LogP contribution in [-0.4, -0.2) is 18.5 Å². The summed E-state index contributed by atoms with van der Waals surface area (Å²) in [5, 5.41) is 5.17. The molecule has 32 heavy (non-hydrogen) atoms. The highest BCUT2D eigenvalue weighted by molar-refractivity contribution is 7.15. The van der Waals surface area contributed by atoms with Crippen LogP contribution in [0.4, 0.5) is 5.00 Å². The van der Waals surface area contributed by atoms with Gasteiger partial charge in [0.25, 0.3) is 5.91 Å². The van der Waals surface area contributed by atoms with E-state index in [0.29, 0.717) is 27.6 Å². The third-order valence-corrected chi connectivity index (χ3v) is 5.55. The van der Waals surface area contributed by atoms with Crippen molar-refractivity contribution in [1.29, 1.82) is 0 Å². The highest BCUT2D eigenvalue weighted by atomic mass is 32.1. The minimum atomic E-state index is -0.468. The van der Waals surface area contributed by atoms with Crippen molar-refractivity contribution in [2.75, 3.05) is 11.9 Å². The largest absolute Gasteiger partial charge is 0.462 e. The second-order valence-electron chi connectivity index (χ2n) is 6.84. The van der Waals surface area contributed by atoms with Crippen molar-refractivity contribution in [2.45, 2.75) is 6.92 Å². The number of amides is 1. The van der Waals surface area contributed by atoms with Crippen LogP contribution in [0.2, 0.25) is 0 Å². The van der Waals surface area contributed by atoms with Gasteiger partial charge in [-0.2, -0.15) is 0 Å². The van der Waals surface area contributed by atoms with Crippen LogP contribution in [-0.2, 0) is 4.74 Å². The molecule has 0 saturated carbocycles. The van der Waals surface area contributed by atoms with E-state index < -0.39 is 5.97 Å². The van der Waals surface area contributed by atoms with Gasteiger partial charge in [-0.15, -0.1) is 11.3 Å². The Balaban J connectivity index is 1.60. The van der Waals surface area contributed by atoms with E-state index >= 15 is 0 Å². The van der Waals surface area contributed by atoms with Gasteiger partial charge in [0.05, 0.1) is 6.61 Å². The first kappa shape index (κ1) is 21.3. The second-order valence-corrected chi connectivity index (χ2v) is 7.72. The Morgan fingerprint density at radius 1 is 0.875 bits per heavy atom. The first-order valence-corrected chi connectivity index (χ1v) is 11.0. The number of thiophene rings is 1. The number of nitrogens with one attached hydrogen (secondary N) is 1. The van der Waals surface area contributed by atoms with E-state index in [1.165, 1.54) is 11.3 Å². The molecule has 4 aromatic rings. The van der Waals surface area contributed by atoms with E-state index in [4.69, 9.17) is 9.47 Å². The average Bonchev–Trinajstić information content (AvgIpc) is 3.24. The normalized spacial score (nSPS) is 10.4. The lowest BCUT2D eigenvalue weighted by Gasteiger charge is -2.10. The zero-order chi connectivity index (χ0) is 22.3. The van der Waals surface area contributed by atoms with E-state index in [-0.39, 0.29) is 12.5 Å². The number of benzene rings is 3. The van der Waals surface area contributed by atoms with Crippen LogP contribution in [0.1, 0.15) is 27.6 Å². The Hall–Kier alpha value is -3.90. The molecule has 1 aromatic heterocycles. The van der Waals surface area contributed by atoms with E-state index in [9.17, 15) is 9.59 Å². The van der Waals surface area contributed by atoms with Crippen molar-refractivity contribution in [3.8, 4) is 22.6 Å². The summed E-state index contributed by atoms with van der Waals surface area (Å²) in [6.45, 7) is 2.00. The van der Waals surface area contributed by atoms with Crippen LogP contribution in [0.3, 0.4) is 0 Å². The first-order chi connectivity index (χ1) is 15.7. The van der Waals surface area contributed by atoms with Gasteiger partial charge in [-0.3, -0.25) is 4.79 Å². The molecule has 3 aromatic carbocycles. The van der Waals surface area contributed by atoms with Crippen molar-refractivity contribution in [3.63, 3.8) is 0 Å². The van der Waals surface area contributed by atoms with Crippen LogP contribution < -0.4 is 10.1 Å². The van der Waals surface area contributed by atoms with Crippen molar-refractivity contribution in [3.05, 3.63) is 101 Å². The van der Waals surface area contributed by atoms with E-state index in [1.54, 1.807) is 31.2 Å². The Morgan fingerprint density at radius 3 is 2.28 bits per heavy atom. The third kappa shape index (κ3) is 4.87. The molecule has 5 nitrogen and oxygen atoms in total. The van der Waals surface area contributed by atoms with Crippen molar-refractivity contribution in [2.24, 2.45) is 0 Å². The van der Waals surface area contributed by atoms with Crippen LogP contribution in [0, 0.1) is 0 Å². The lowest BCUT2D eigenvalue weighted by atomic mass is 10.0. The van der Waals surface area contributed by atoms with E-state index in [0.717, 1.165) is 11.1 Å². The van der Waals surface area contributed by atoms with Crippen LogP contribution >= 0.6 is 11.3 Å². The summed E-state index contributed by atoms with van der Waals surface area (Å²) in [6.07, 6.45) is 0. The van der Waals surface area contributed by atoms with Gasteiger partial charge in [-0.25, -0.2) is 4.79 Å². The molecule has 1 amide bonds. The minimum absolute atomic E-state index is 0.245. The topological polar surface area (TPSA) is 64.6 Å². The van der Waals surface area contributed by atoms with Gasteiger partial charge in [-0.1, -0.05) is 54.6 Å². The Labute approximate surface area is 190 Å². The van der Waals surface area contributed by atoms with E-state index in [1.807, 2.05) is 66.0 Å². The molecule has 4 rings (SSSR count). The fourth-order valence-electron chi connectivity index (χ4n) is 3.19. The number of esters is 1. The van der Waals surface area contributed by atoms with Crippen molar-refractivity contribution >= 4 is 28.2 Å². The number of rotatable bonds is 7. The fraction of sp³-hybridized carbons (Fsp3) is 0.0769. The van der Waals surface area contributed by atoms with Crippen LogP contribution in [0.25, 0.3) is 11.1 Å².